The topological polar surface area (TPSA) is 188 Å². The van der Waals surface area contributed by atoms with Crippen molar-refractivity contribution in [3.05, 3.63) is 0 Å². The molecule has 7 N–H and O–H groups in total. The van der Waals surface area contributed by atoms with E-state index in [1.165, 1.54) is 66.0 Å². The van der Waals surface area contributed by atoms with Gasteiger partial charge in [0.25, 0.3) is 0 Å². The molecule has 0 atom stereocenters. The SMILES string of the molecule is C=II.CC(=O)N(C)C1CCN(C)CC1.CC(=O)NC1CCN(C)CC1.CN.CN1CCC(=O)CC1.CN1CCC(N)CC1.CNC1CCN(C)CC1.COC(=O)NC1CCN(C)CC1. The maximum absolute atomic E-state index is 11.0. The van der Waals surface area contributed by atoms with Gasteiger partial charge in [-0.25, -0.2) is 4.79 Å². The highest BCUT2D eigenvalue weighted by Crippen LogP contribution is 2.14. The summed E-state index contributed by atoms with van der Waals surface area (Å²) < 4.78 is 8.10. The molecular formula is C46H98I2N12O5. The van der Waals surface area contributed by atoms with Crippen molar-refractivity contribution < 1.29 is 23.9 Å². The van der Waals surface area contributed by atoms with Crippen LogP contribution in [0.3, 0.4) is 0 Å². The predicted molar refractivity (Wildman–Crippen MR) is 291 cm³/mol. The molecule has 0 saturated carbocycles. The van der Waals surface area contributed by atoms with Crippen LogP contribution in [0.15, 0.2) is 0 Å². The number of carbonyl (C=O) groups is 4. The largest absolute Gasteiger partial charge is 0.453 e. The summed E-state index contributed by atoms with van der Waals surface area (Å²) in [5, 5.41) is 9.04. The molecule has 65 heavy (non-hydrogen) atoms. The molecule has 0 bridgehead atoms. The zero-order chi connectivity index (χ0) is 49.7. The first kappa shape index (κ1) is 65.9. The molecule has 6 aliphatic rings. The lowest BCUT2D eigenvalue weighted by Crippen LogP contribution is -2.43. The highest BCUT2D eigenvalue weighted by Gasteiger charge is 2.22. The normalized spacial score (nSPS) is 21.2. The molecule has 6 rings (SSSR count). The van der Waals surface area contributed by atoms with Crippen molar-refractivity contribution in [2.45, 2.75) is 121 Å². The smallest absolute Gasteiger partial charge is 0.407 e. The monoisotopic (exact) mass is 1150 g/mol. The lowest BCUT2D eigenvalue weighted by Gasteiger charge is -2.34. The van der Waals surface area contributed by atoms with Crippen molar-refractivity contribution in [2.24, 2.45) is 11.5 Å². The van der Waals surface area contributed by atoms with Gasteiger partial charge in [0.1, 0.15) is 5.78 Å². The highest BCUT2D eigenvalue weighted by atomic mass is 128. The second kappa shape index (κ2) is 41.8. The summed E-state index contributed by atoms with van der Waals surface area (Å²) in [6.07, 6.45) is 12.6. The van der Waals surface area contributed by atoms with Crippen molar-refractivity contribution in [2.75, 3.05) is 149 Å². The maximum atomic E-state index is 11.0. The minimum absolute atomic E-state index is 0.0968. The van der Waals surface area contributed by atoms with Gasteiger partial charge in [0.2, 0.25) is 11.8 Å². The molecule has 0 radical (unpaired) electrons. The quantitative estimate of drug-likeness (QED) is 0.259. The molecule has 0 unspecified atom stereocenters. The van der Waals surface area contributed by atoms with E-state index in [-0.39, 0.29) is 17.9 Å². The van der Waals surface area contributed by atoms with E-state index in [0.717, 1.165) is 110 Å². The fourth-order valence-electron chi connectivity index (χ4n) is 7.65. The fourth-order valence-corrected chi connectivity index (χ4v) is 7.65. The van der Waals surface area contributed by atoms with Gasteiger partial charge in [0, 0.05) is 77.0 Å². The van der Waals surface area contributed by atoms with Crippen LogP contribution in [0.1, 0.15) is 90.9 Å². The number of nitrogens with two attached hydrogens (primary N) is 2. The average molecular weight is 1150 g/mol. The summed E-state index contributed by atoms with van der Waals surface area (Å²) in [7, 11) is 19.6. The van der Waals surface area contributed by atoms with Crippen molar-refractivity contribution in [3.63, 3.8) is 0 Å². The summed E-state index contributed by atoms with van der Waals surface area (Å²) >= 11 is 2.60. The van der Waals surface area contributed by atoms with Crippen LogP contribution in [0, 0.1) is 0 Å². The van der Waals surface area contributed by atoms with Crippen molar-refractivity contribution in [3.8, 4) is 0 Å². The zero-order valence-electron chi connectivity index (χ0n) is 43.1. The molecule has 19 heteroatoms. The van der Waals surface area contributed by atoms with E-state index < -0.39 is 0 Å². The van der Waals surface area contributed by atoms with Gasteiger partial charge in [-0.15, -0.1) is 0 Å². The molecule has 386 valence electrons. The summed E-state index contributed by atoms with van der Waals surface area (Å²) in [5.74, 6) is 0.701. The van der Waals surface area contributed by atoms with Gasteiger partial charge in [-0.1, -0.05) is 21.3 Å². The van der Waals surface area contributed by atoms with Gasteiger partial charge in [-0.3, -0.25) is 14.4 Å². The molecule has 6 fully saturated rings. The fraction of sp³-hybridized carbons (Fsp3) is 0.891. The van der Waals surface area contributed by atoms with Crippen LogP contribution in [-0.4, -0.2) is 242 Å². The van der Waals surface area contributed by atoms with E-state index in [9.17, 15) is 19.2 Å². The van der Waals surface area contributed by atoms with Gasteiger partial charge in [-0.2, -0.15) is 0 Å². The number of ether oxygens (including phenoxy) is 1. The molecule has 0 aliphatic carbocycles. The minimum Gasteiger partial charge on any atom is -0.453 e. The number of rotatable bonds is 4. The molecule has 0 aromatic heterocycles. The molecule has 0 aromatic carbocycles. The Morgan fingerprint density at radius 3 is 1.23 bits per heavy atom. The lowest BCUT2D eigenvalue weighted by atomic mass is 10.0. The first-order valence-corrected chi connectivity index (χ1v) is 31.6. The summed E-state index contributed by atoms with van der Waals surface area (Å²) in [6.45, 7) is 16.5. The number of halogens is 2. The van der Waals surface area contributed by atoms with Gasteiger partial charge in [0.05, 0.1) is 7.11 Å². The molecule has 3 amide bonds. The third-order valence-corrected chi connectivity index (χ3v) is 12.5. The van der Waals surface area contributed by atoms with Gasteiger partial charge >= 0.3 is 6.09 Å². The van der Waals surface area contributed by atoms with E-state index in [4.69, 9.17) is 5.73 Å². The Labute approximate surface area is 416 Å². The number of carbonyl (C=O) groups excluding carboxylic acids is 4. The molecule has 0 aromatic rings. The summed E-state index contributed by atoms with van der Waals surface area (Å²) in [6, 6.07) is 2.45. The van der Waals surface area contributed by atoms with E-state index >= 15 is 0 Å². The maximum Gasteiger partial charge on any atom is 0.407 e. The van der Waals surface area contributed by atoms with E-state index in [2.05, 4.69) is 121 Å². The molecular weight excluding hydrogens is 1050 g/mol. The Hall–Kier alpha value is -1.15. The van der Waals surface area contributed by atoms with Crippen LogP contribution >= 0.6 is 35.4 Å². The third-order valence-electron chi connectivity index (χ3n) is 12.5. The molecule has 6 saturated heterocycles. The van der Waals surface area contributed by atoms with E-state index in [1.807, 2.05) is 19.0 Å². The number of amides is 3. The zero-order valence-corrected chi connectivity index (χ0v) is 47.5. The first-order valence-electron chi connectivity index (χ1n) is 23.8. The van der Waals surface area contributed by atoms with Crippen molar-refractivity contribution >= 4 is 63.6 Å². The van der Waals surface area contributed by atoms with Gasteiger partial charge in [0.15, 0.2) is 0 Å². The summed E-state index contributed by atoms with van der Waals surface area (Å²) in [5.41, 5.74) is 10.2. The van der Waals surface area contributed by atoms with Crippen LogP contribution in [0.5, 0.6) is 0 Å². The number of nitrogens with zero attached hydrogens (tertiary/aromatic N) is 7. The van der Waals surface area contributed by atoms with Crippen LogP contribution < -0.4 is 27.4 Å². The van der Waals surface area contributed by atoms with Crippen molar-refractivity contribution in [1.29, 1.82) is 0 Å². The number of nitrogens with one attached hydrogen (secondary N) is 3. The number of Topliss-reactive ketones (excluding diaryl/α,β-unsaturated/α-hetero) is 1. The Morgan fingerprint density at radius 2 is 0.938 bits per heavy atom. The number of piperidine rings is 6. The van der Waals surface area contributed by atoms with Crippen LogP contribution in [0.4, 0.5) is 4.79 Å². The number of likely N-dealkylation sites (tertiary alicyclic amines) is 6. The van der Waals surface area contributed by atoms with Crippen LogP contribution in [0.25, 0.3) is 0 Å². The van der Waals surface area contributed by atoms with Crippen LogP contribution in [0.2, 0.25) is 0 Å². The Balaban J connectivity index is 0. The Bertz CT molecular complexity index is 1190. The van der Waals surface area contributed by atoms with Gasteiger partial charge in [-0.05, 0) is 205 Å². The van der Waals surface area contributed by atoms with Crippen LogP contribution in [-0.2, 0) is 19.1 Å². The second-order valence-corrected chi connectivity index (χ2v) is 22.6. The predicted octanol–water partition coefficient (Wildman–Crippen LogP) is 3.15. The number of hydrogen-bond donors (Lipinski definition) is 5. The molecule has 6 heterocycles. The standard InChI is InChI=1S/C9H18N2O.C8H16N2O2.C8H16N2O.C7H16N2.C6H14N2.C6H11NO.CH2I2.CH5N/c1-8(12)11(3)9-4-6-10(2)7-5-9;1-10-5-3-7(4-6-10)9-8(11)12-2;1-7(11)9-8-3-5-10(2)6-4-8;1-8-7-3-5-9(2)6-4-7;1-8-4-2-6(7)3-5-8;1-7-4-2-6(8)3-5-7;1-3-2;1-2/h9H,4-7H2,1-3H3;7H,3-6H2,1-2H3,(H,9,11);8H,3-6H2,1-2H3,(H,9,11);7-8H,3-6H2,1-2H3;6H,2-5,7H2,1H3;2-5H2,1H3;1H2;2H2,1H3. The van der Waals surface area contributed by atoms with E-state index in [0.29, 0.717) is 46.7 Å². The third kappa shape index (κ3) is 37.4. The first-order chi connectivity index (χ1) is 30.8. The molecule has 0 spiro atoms. The second-order valence-electron chi connectivity index (χ2n) is 18.1. The highest BCUT2D eigenvalue weighted by molar-refractivity contribution is 15.0. The van der Waals surface area contributed by atoms with Crippen molar-refractivity contribution in [1.82, 2.24) is 50.2 Å². The molecule has 6 aliphatic heterocycles. The Kier molecular flexibility index (Phi) is 42.4. The average Bonchev–Trinajstić information content (AvgIpc) is 3.29. The number of hydrogen-bond acceptors (Lipinski definition) is 14. The minimum atomic E-state index is -0.315. The number of alkyl carbamates (subject to hydrolysis) is 1. The number of ketones is 1. The van der Waals surface area contributed by atoms with Gasteiger partial charge < -0.3 is 66.5 Å². The Morgan fingerprint density at radius 1 is 0.631 bits per heavy atom. The van der Waals surface area contributed by atoms with E-state index in [1.54, 1.807) is 13.8 Å². The lowest BCUT2D eigenvalue weighted by molar-refractivity contribution is -0.130. The summed E-state index contributed by atoms with van der Waals surface area (Å²) in [4.78, 5) is 58.7. The number of methoxy groups -OCH3 is 1. The molecule has 17 nitrogen and oxygen atoms in total.